The maximum atomic E-state index is 13.0. The average molecular weight is 331 g/mol. The molecule has 0 saturated carbocycles. The Balaban J connectivity index is 1.35. The van der Waals surface area contributed by atoms with Crippen LogP contribution in [0.3, 0.4) is 0 Å². The second-order valence-electron chi connectivity index (χ2n) is 5.86. The summed E-state index contributed by atoms with van der Waals surface area (Å²) >= 11 is 0. The van der Waals surface area contributed by atoms with Crippen molar-refractivity contribution in [1.29, 1.82) is 0 Å². The lowest BCUT2D eigenvalue weighted by molar-refractivity contribution is -0.121. The van der Waals surface area contributed by atoms with E-state index >= 15 is 0 Å². The number of aromatic nitrogens is 2. The Morgan fingerprint density at radius 2 is 1.92 bits per heavy atom. The van der Waals surface area contributed by atoms with Gasteiger partial charge in [0, 0.05) is 57.3 Å². The highest BCUT2D eigenvalue weighted by Crippen LogP contribution is 2.16. The third kappa shape index (κ3) is 4.55. The molecule has 2 aromatic rings. The summed E-state index contributed by atoms with van der Waals surface area (Å²) in [6.45, 7) is 5.42. The van der Waals surface area contributed by atoms with E-state index in [9.17, 15) is 9.18 Å². The molecule has 0 aliphatic carbocycles. The first-order chi connectivity index (χ1) is 11.7. The minimum absolute atomic E-state index is 0.0244. The lowest BCUT2D eigenvalue weighted by Crippen LogP contribution is -2.48. The predicted molar refractivity (Wildman–Crippen MR) is 90.3 cm³/mol. The van der Waals surface area contributed by atoms with E-state index in [1.165, 1.54) is 12.1 Å². The predicted octanol–water partition coefficient (Wildman–Crippen LogP) is 0.961. The molecule has 1 aliphatic heterocycles. The van der Waals surface area contributed by atoms with Crippen molar-refractivity contribution in [3.05, 3.63) is 48.5 Å². The Morgan fingerprint density at radius 3 is 2.58 bits per heavy atom. The van der Waals surface area contributed by atoms with Crippen molar-refractivity contribution in [1.82, 2.24) is 20.0 Å². The number of hydrogen-bond acceptors (Lipinski definition) is 4. The smallest absolute Gasteiger partial charge is 0.241 e. The fraction of sp³-hybridized carbons (Fsp3) is 0.412. The fourth-order valence-corrected chi connectivity index (χ4v) is 2.83. The van der Waals surface area contributed by atoms with E-state index in [1.807, 2.05) is 12.1 Å². The largest absolute Gasteiger partial charge is 0.369 e. The monoisotopic (exact) mass is 331 g/mol. The highest BCUT2D eigenvalue weighted by atomic mass is 19.1. The number of carbonyl (C=O) groups excluding carboxylic acids is 1. The van der Waals surface area contributed by atoms with Crippen molar-refractivity contribution in [2.75, 3.05) is 44.2 Å². The highest BCUT2D eigenvalue weighted by molar-refractivity contribution is 5.75. The molecule has 128 valence electrons. The van der Waals surface area contributed by atoms with Crippen molar-refractivity contribution in [2.24, 2.45) is 0 Å². The first-order valence-electron chi connectivity index (χ1n) is 8.18. The van der Waals surface area contributed by atoms with Gasteiger partial charge in [0.1, 0.15) is 12.4 Å². The topological polar surface area (TPSA) is 53.4 Å². The molecule has 0 spiro atoms. The molecule has 1 N–H and O–H groups in total. The second-order valence-corrected chi connectivity index (χ2v) is 5.86. The average Bonchev–Trinajstić information content (AvgIpc) is 3.09. The van der Waals surface area contributed by atoms with Gasteiger partial charge in [0.15, 0.2) is 0 Å². The third-order valence-electron chi connectivity index (χ3n) is 4.18. The summed E-state index contributed by atoms with van der Waals surface area (Å²) in [5, 5.41) is 6.93. The molecular formula is C17H22FN5O. The minimum Gasteiger partial charge on any atom is -0.369 e. The van der Waals surface area contributed by atoms with E-state index < -0.39 is 0 Å². The molecule has 7 heteroatoms. The normalized spacial score (nSPS) is 15.5. The lowest BCUT2D eigenvalue weighted by Gasteiger charge is -2.36. The van der Waals surface area contributed by atoms with Crippen molar-refractivity contribution in [2.45, 2.75) is 6.54 Å². The molecule has 1 aromatic carbocycles. The Hall–Kier alpha value is -2.41. The van der Waals surface area contributed by atoms with Crippen LogP contribution in [0, 0.1) is 5.82 Å². The molecule has 24 heavy (non-hydrogen) atoms. The number of hydrogen-bond donors (Lipinski definition) is 1. The van der Waals surface area contributed by atoms with Gasteiger partial charge in [0.25, 0.3) is 0 Å². The minimum atomic E-state index is -0.205. The Morgan fingerprint density at radius 1 is 1.17 bits per heavy atom. The number of halogens is 1. The Labute approximate surface area is 140 Å². The molecule has 0 bridgehead atoms. The van der Waals surface area contributed by atoms with E-state index in [0.29, 0.717) is 6.54 Å². The first-order valence-corrected chi connectivity index (χ1v) is 8.18. The maximum absolute atomic E-state index is 13.0. The number of benzene rings is 1. The number of carbonyl (C=O) groups is 1. The molecule has 1 amide bonds. The molecule has 0 atom stereocenters. The molecule has 1 saturated heterocycles. The summed E-state index contributed by atoms with van der Waals surface area (Å²) in [5.74, 6) is -0.230. The van der Waals surface area contributed by atoms with Gasteiger partial charge < -0.3 is 10.2 Å². The zero-order valence-electron chi connectivity index (χ0n) is 13.6. The van der Waals surface area contributed by atoms with Crippen LogP contribution in [0.4, 0.5) is 10.1 Å². The zero-order chi connectivity index (χ0) is 16.8. The molecule has 1 aromatic heterocycles. The van der Waals surface area contributed by atoms with Crippen molar-refractivity contribution < 1.29 is 9.18 Å². The van der Waals surface area contributed by atoms with Gasteiger partial charge in [-0.05, 0) is 30.3 Å². The van der Waals surface area contributed by atoms with Crippen molar-refractivity contribution in [3.8, 4) is 0 Å². The van der Waals surface area contributed by atoms with Crippen LogP contribution in [0.1, 0.15) is 0 Å². The number of nitrogens with zero attached hydrogens (tertiary/aromatic N) is 4. The van der Waals surface area contributed by atoms with Crippen LogP contribution in [0.15, 0.2) is 42.7 Å². The third-order valence-corrected chi connectivity index (χ3v) is 4.18. The van der Waals surface area contributed by atoms with Crippen LogP contribution < -0.4 is 10.2 Å². The number of piperazine rings is 1. The summed E-state index contributed by atoms with van der Waals surface area (Å²) in [6, 6.07) is 8.43. The second kappa shape index (κ2) is 7.92. The van der Waals surface area contributed by atoms with Crippen LogP contribution in [0.25, 0.3) is 0 Å². The van der Waals surface area contributed by atoms with Crippen LogP contribution in [0.5, 0.6) is 0 Å². The van der Waals surface area contributed by atoms with Gasteiger partial charge in [-0.2, -0.15) is 5.10 Å². The Kier molecular flexibility index (Phi) is 5.43. The number of anilines is 1. The van der Waals surface area contributed by atoms with Crippen molar-refractivity contribution in [3.63, 3.8) is 0 Å². The summed E-state index contributed by atoms with van der Waals surface area (Å²) in [5.41, 5.74) is 1.06. The lowest BCUT2D eigenvalue weighted by atomic mass is 10.2. The fourth-order valence-electron chi connectivity index (χ4n) is 2.83. The van der Waals surface area contributed by atoms with E-state index in [-0.39, 0.29) is 18.3 Å². The standard InChI is InChI=1S/C17H22FN5O/c18-15-2-4-16(5-3-15)22-12-10-21(11-13-22)9-7-19-17(24)14-23-8-1-6-20-23/h1-6,8H,7,9-14H2,(H,19,24). The van der Waals surface area contributed by atoms with Crippen LogP contribution in [0.2, 0.25) is 0 Å². The van der Waals surface area contributed by atoms with Gasteiger partial charge in [-0.15, -0.1) is 0 Å². The van der Waals surface area contributed by atoms with Gasteiger partial charge in [-0.3, -0.25) is 14.4 Å². The first kappa shape index (κ1) is 16.4. The molecule has 1 fully saturated rings. The molecule has 1 aliphatic rings. The summed E-state index contributed by atoms with van der Waals surface area (Å²) in [6.07, 6.45) is 3.43. The SMILES string of the molecule is O=C(Cn1cccn1)NCCN1CCN(c2ccc(F)cc2)CC1. The number of nitrogens with one attached hydrogen (secondary N) is 1. The molecule has 3 rings (SSSR count). The van der Waals surface area contributed by atoms with E-state index in [0.717, 1.165) is 38.4 Å². The van der Waals surface area contributed by atoms with Gasteiger partial charge in [-0.1, -0.05) is 0 Å². The van der Waals surface area contributed by atoms with Crippen LogP contribution in [-0.2, 0) is 11.3 Å². The van der Waals surface area contributed by atoms with E-state index in [4.69, 9.17) is 0 Å². The van der Waals surface area contributed by atoms with Gasteiger partial charge in [-0.25, -0.2) is 4.39 Å². The maximum Gasteiger partial charge on any atom is 0.241 e. The zero-order valence-corrected chi connectivity index (χ0v) is 13.6. The summed E-state index contributed by atoms with van der Waals surface area (Å²) in [7, 11) is 0. The molecule has 0 unspecified atom stereocenters. The Bertz CT molecular complexity index is 636. The number of amides is 1. The molecule has 0 radical (unpaired) electrons. The molecule has 6 nitrogen and oxygen atoms in total. The molecular weight excluding hydrogens is 309 g/mol. The quantitative estimate of drug-likeness (QED) is 0.857. The number of rotatable bonds is 6. The van der Waals surface area contributed by atoms with E-state index in [2.05, 4.69) is 20.2 Å². The van der Waals surface area contributed by atoms with Gasteiger partial charge in [0.2, 0.25) is 5.91 Å². The van der Waals surface area contributed by atoms with Gasteiger partial charge >= 0.3 is 0 Å². The summed E-state index contributed by atoms with van der Waals surface area (Å²) < 4.78 is 14.6. The summed E-state index contributed by atoms with van der Waals surface area (Å²) in [4.78, 5) is 16.4. The van der Waals surface area contributed by atoms with Crippen LogP contribution in [-0.4, -0.2) is 59.9 Å². The molecule has 2 heterocycles. The highest BCUT2D eigenvalue weighted by Gasteiger charge is 2.17. The van der Waals surface area contributed by atoms with E-state index in [1.54, 1.807) is 23.1 Å². The van der Waals surface area contributed by atoms with Crippen LogP contribution >= 0.6 is 0 Å². The van der Waals surface area contributed by atoms with Gasteiger partial charge in [0.05, 0.1) is 0 Å². The van der Waals surface area contributed by atoms with Crippen molar-refractivity contribution >= 4 is 11.6 Å².